The second kappa shape index (κ2) is 8.34. The summed E-state index contributed by atoms with van der Waals surface area (Å²) in [5.41, 5.74) is 3.59. The molecule has 1 N–H and O–H groups in total. The predicted molar refractivity (Wildman–Crippen MR) is 94.0 cm³/mol. The molecule has 1 aliphatic heterocycles. The van der Waals surface area contributed by atoms with Crippen LogP contribution in [0.25, 0.3) is 0 Å². The molecule has 1 saturated heterocycles. The van der Waals surface area contributed by atoms with Gasteiger partial charge in [0.15, 0.2) is 0 Å². The van der Waals surface area contributed by atoms with E-state index < -0.39 is 0 Å². The number of carbonyl (C=O) groups excluding carboxylic acids is 1. The number of hydrogen-bond acceptors (Lipinski definition) is 3. The Morgan fingerprint density at radius 1 is 1.26 bits per heavy atom. The van der Waals surface area contributed by atoms with Gasteiger partial charge in [-0.25, -0.2) is 0 Å². The first-order valence-corrected chi connectivity index (χ1v) is 8.64. The van der Waals surface area contributed by atoms with Crippen molar-refractivity contribution in [3.8, 4) is 5.75 Å². The Labute approximate surface area is 140 Å². The van der Waals surface area contributed by atoms with Crippen LogP contribution in [0.1, 0.15) is 36.0 Å². The molecule has 23 heavy (non-hydrogen) atoms. The molecule has 4 nitrogen and oxygen atoms in total. The van der Waals surface area contributed by atoms with E-state index in [0.29, 0.717) is 18.9 Å². The number of likely N-dealkylation sites (tertiary alicyclic amines) is 1. The van der Waals surface area contributed by atoms with Gasteiger partial charge in [-0.15, -0.1) is 0 Å². The van der Waals surface area contributed by atoms with Crippen LogP contribution in [-0.4, -0.2) is 44.1 Å². The van der Waals surface area contributed by atoms with Crippen molar-refractivity contribution in [1.29, 1.82) is 0 Å². The maximum Gasteiger partial charge on any atom is 0.225 e. The number of carbonyl (C=O) groups is 1. The molecule has 1 aromatic rings. The first-order valence-electron chi connectivity index (χ1n) is 8.64. The van der Waals surface area contributed by atoms with Gasteiger partial charge in [0, 0.05) is 13.1 Å². The lowest BCUT2D eigenvalue weighted by Crippen LogP contribution is -2.40. The molecule has 2 rings (SSSR count). The lowest BCUT2D eigenvalue weighted by atomic mass is 9.97. The molecule has 1 heterocycles. The summed E-state index contributed by atoms with van der Waals surface area (Å²) in [6.45, 7) is 9.51. The number of benzene rings is 1. The highest BCUT2D eigenvalue weighted by molar-refractivity contribution is 5.76. The normalized spacial score (nSPS) is 15.7. The summed E-state index contributed by atoms with van der Waals surface area (Å²) in [5.74, 6) is 1.83. The third-order valence-electron chi connectivity index (χ3n) is 4.80. The van der Waals surface area contributed by atoms with Crippen molar-refractivity contribution in [3.63, 3.8) is 0 Å². The van der Waals surface area contributed by atoms with Crippen molar-refractivity contribution in [2.45, 2.75) is 40.0 Å². The molecule has 4 heteroatoms. The molecule has 0 aliphatic carbocycles. The number of aryl methyl sites for hydroxylation is 2. The highest BCUT2D eigenvalue weighted by Crippen LogP contribution is 2.23. The fraction of sp³-hybridized carbons (Fsp3) is 0.632. The number of piperidine rings is 1. The van der Waals surface area contributed by atoms with Crippen LogP contribution in [-0.2, 0) is 4.79 Å². The smallest absolute Gasteiger partial charge is 0.225 e. The van der Waals surface area contributed by atoms with E-state index in [4.69, 9.17) is 4.74 Å². The molecule has 1 fully saturated rings. The molecule has 0 radical (unpaired) electrons. The van der Waals surface area contributed by atoms with Gasteiger partial charge in [0.25, 0.3) is 0 Å². The first kappa shape index (κ1) is 17.8. The Kier molecular flexibility index (Phi) is 6.46. The molecule has 0 atom stereocenters. The molecule has 128 valence electrons. The fourth-order valence-electron chi connectivity index (χ4n) is 3.23. The predicted octanol–water partition coefficient (Wildman–Crippen LogP) is 2.84. The van der Waals surface area contributed by atoms with Gasteiger partial charge in [-0.1, -0.05) is 6.07 Å². The van der Waals surface area contributed by atoms with Crippen molar-refractivity contribution >= 4 is 5.91 Å². The Balaban J connectivity index is 1.77. The van der Waals surface area contributed by atoms with Crippen molar-refractivity contribution in [2.75, 3.05) is 33.3 Å². The Hall–Kier alpha value is -1.55. The van der Waals surface area contributed by atoms with Crippen molar-refractivity contribution in [1.82, 2.24) is 10.2 Å². The maximum absolute atomic E-state index is 12.3. The van der Waals surface area contributed by atoms with Crippen LogP contribution >= 0.6 is 0 Å². The SMILES string of the molecule is CNCC1CCN(C(=O)CCOc2cc(C)cc(C)c2C)CC1. The van der Waals surface area contributed by atoms with Gasteiger partial charge in [0.1, 0.15) is 5.75 Å². The second-order valence-corrected chi connectivity index (χ2v) is 6.69. The second-order valence-electron chi connectivity index (χ2n) is 6.69. The molecule has 0 aromatic heterocycles. The molecule has 0 unspecified atom stereocenters. The van der Waals surface area contributed by atoms with Crippen LogP contribution in [0.15, 0.2) is 12.1 Å². The highest BCUT2D eigenvalue weighted by Gasteiger charge is 2.22. The maximum atomic E-state index is 12.3. The van der Waals surface area contributed by atoms with E-state index in [0.717, 1.165) is 43.8 Å². The van der Waals surface area contributed by atoms with Gasteiger partial charge < -0.3 is 15.0 Å². The van der Waals surface area contributed by atoms with Gasteiger partial charge in [-0.3, -0.25) is 4.79 Å². The average molecular weight is 318 g/mol. The van der Waals surface area contributed by atoms with Crippen LogP contribution in [0, 0.1) is 26.7 Å². The summed E-state index contributed by atoms with van der Waals surface area (Å²) in [4.78, 5) is 14.3. The average Bonchev–Trinajstić information content (AvgIpc) is 2.53. The molecule has 0 spiro atoms. The zero-order chi connectivity index (χ0) is 16.8. The molecule has 1 amide bonds. The summed E-state index contributed by atoms with van der Waals surface area (Å²) < 4.78 is 5.86. The quantitative estimate of drug-likeness (QED) is 0.877. The molecular weight excluding hydrogens is 288 g/mol. The lowest BCUT2D eigenvalue weighted by molar-refractivity contribution is -0.133. The Morgan fingerprint density at radius 3 is 2.61 bits per heavy atom. The molecule has 1 aliphatic rings. The van der Waals surface area contributed by atoms with Crippen LogP contribution in [0.4, 0.5) is 0 Å². The minimum Gasteiger partial charge on any atom is -0.493 e. The van der Waals surface area contributed by atoms with Gasteiger partial charge in [0.05, 0.1) is 13.0 Å². The van der Waals surface area contributed by atoms with Crippen molar-refractivity contribution < 1.29 is 9.53 Å². The molecule has 0 saturated carbocycles. The fourth-order valence-corrected chi connectivity index (χ4v) is 3.23. The van der Waals surface area contributed by atoms with Gasteiger partial charge >= 0.3 is 0 Å². The van der Waals surface area contributed by atoms with Crippen molar-refractivity contribution in [3.05, 3.63) is 28.8 Å². The number of nitrogens with one attached hydrogen (secondary N) is 1. The van der Waals surface area contributed by atoms with Crippen LogP contribution < -0.4 is 10.1 Å². The minimum atomic E-state index is 0.218. The van der Waals surface area contributed by atoms with Gasteiger partial charge in [0.2, 0.25) is 5.91 Å². The molecular formula is C19H30N2O2. The summed E-state index contributed by atoms with van der Waals surface area (Å²) >= 11 is 0. The molecule has 0 bridgehead atoms. The topological polar surface area (TPSA) is 41.6 Å². The van der Waals surface area contributed by atoms with E-state index >= 15 is 0 Å². The number of rotatable bonds is 6. The summed E-state index contributed by atoms with van der Waals surface area (Å²) in [6.07, 6.45) is 2.66. The van der Waals surface area contributed by atoms with Crippen molar-refractivity contribution in [2.24, 2.45) is 5.92 Å². The van der Waals surface area contributed by atoms with E-state index in [2.05, 4.69) is 38.2 Å². The van der Waals surface area contributed by atoms with Gasteiger partial charge in [-0.05, 0) is 75.9 Å². The number of amides is 1. The number of nitrogens with zero attached hydrogens (tertiary/aromatic N) is 1. The van der Waals surface area contributed by atoms with E-state index in [9.17, 15) is 4.79 Å². The minimum absolute atomic E-state index is 0.218. The third kappa shape index (κ3) is 4.96. The van der Waals surface area contributed by atoms with E-state index in [1.807, 2.05) is 11.9 Å². The van der Waals surface area contributed by atoms with Gasteiger partial charge in [-0.2, -0.15) is 0 Å². The largest absolute Gasteiger partial charge is 0.493 e. The lowest BCUT2D eigenvalue weighted by Gasteiger charge is -2.32. The molecule has 1 aromatic carbocycles. The van der Waals surface area contributed by atoms with E-state index in [-0.39, 0.29) is 5.91 Å². The third-order valence-corrected chi connectivity index (χ3v) is 4.80. The van der Waals surface area contributed by atoms with Crippen LogP contribution in [0.5, 0.6) is 5.75 Å². The summed E-state index contributed by atoms with van der Waals surface area (Å²) in [7, 11) is 1.99. The van der Waals surface area contributed by atoms with E-state index in [1.165, 1.54) is 11.1 Å². The standard InChI is InChI=1S/C19H30N2O2/c1-14-11-15(2)16(3)18(12-14)23-10-7-19(22)21-8-5-17(6-9-21)13-20-4/h11-12,17,20H,5-10,13H2,1-4H3. The zero-order valence-electron chi connectivity index (χ0n) is 14.9. The zero-order valence-corrected chi connectivity index (χ0v) is 14.9. The summed E-state index contributed by atoms with van der Waals surface area (Å²) in [6, 6.07) is 4.21. The summed E-state index contributed by atoms with van der Waals surface area (Å²) in [5, 5.41) is 3.22. The first-order chi connectivity index (χ1) is 11.0. The van der Waals surface area contributed by atoms with Crippen LogP contribution in [0.3, 0.4) is 0 Å². The highest BCUT2D eigenvalue weighted by atomic mass is 16.5. The van der Waals surface area contributed by atoms with Crippen LogP contribution in [0.2, 0.25) is 0 Å². The van der Waals surface area contributed by atoms with E-state index in [1.54, 1.807) is 0 Å². The Morgan fingerprint density at radius 2 is 1.96 bits per heavy atom. The number of hydrogen-bond donors (Lipinski definition) is 1. The number of ether oxygens (including phenoxy) is 1. The monoisotopic (exact) mass is 318 g/mol. The Bertz CT molecular complexity index is 534.